The van der Waals surface area contributed by atoms with E-state index in [1.807, 2.05) is 24.3 Å². The van der Waals surface area contributed by atoms with Gasteiger partial charge in [-0.15, -0.1) is 0 Å². The molecule has 2 aromatic rings. The van der Waals surface area contributed by atoms with Gasteiger partial charge in [0.1, 0.15) is 5.75 Å². The summed E-state index contributed by atoms with van der Waals surface area (Å²) in [5, 5.41) is 0.440. The van der Waals surface area contributed by atoms with Crippen molar-refractivity contribution < 1.29 is 14.2 Å². The Labute approximate surface area is 112 Å². The van der Waals surface area contributed by atoms with E-state index in [9.17, 15) is 4.57 Å². The SMILES string of the molecule is COc1ccc(C(N)c2ccc([PH](=O)O)cc2)cc1. The largest absolute Gasteiger partial charge is 0.497 e. The lowest BCUT2D eigenvalue weighted by Gasteiger charge is -2.13. The molecule has 0 aliphatic rings. The van der Waals surface area contributed by atoms with Crippen LogP contribution in [-0.2, 0) is 4.57 Å². The van der Waals surface area contributed by atoms with E-state index >= 15 is 0 Å². The lowest BCUT2D eigenvalue weighted by molar-refractivity contribution is 0.414. The number of ether oxygens (including phenoxy) is 1. The van der Waals surface area contributed by atoms with Crippen molar-refractivity contribution in [2.45, 2.75) is 6.04 Å². The fourth-order valence-electron chi connectivity index (χ4n) is 1.84. The second-order valence-electron chi connectivity index (χ2n) is 4.18. The summed E-state index contributed by atoms with van der Waals surface area (Å²) >= 11 is 0. The van der Waals surface area contributed by atoms with Gasteiger partial charge in [0, 0.05) is 5.30 Å². The van der Waals surface area contributed by atoms with Crippen LogP contribution < -0.4 is 15.8 Å². The molecule has 2 unspecified atom stereocenters. The molecule has 0 heterocycles. The second-order valence-corrected chi connectivity index (χ2v) is 5.37. The Morgan fingerprint density at radius 3 is 1.95 bits per heavy atom. The van der Waals surface area contributed by atoms with Crippen LogP contribution in [0.2, 0.25) is 0 Å². The number of hydrogen-bond donors (Lipinski definition) is 2. The summed E-state index contributed by atoms with van der Waals surface area (Å²) in [4.78, 5) is 9.03. The molecule has 4 nitrogen and oxygen atoms in total. The summed E-state index contributed by atoms with van der Waals surface area (Å²) in [5.41, 5.74) is 8.02. The van der Waals surface area contributed by atoms with Gasteiger partial charge < -0.3 is 15.4 Å². The van der Waals surface area contributed by atoms with E-state index in [1.165, 1.54) is 0 Å². The maximum Gasteiger partial charge on any atom is 0.218 e. The molecule has 0 aliphatic carbocycles. The van der Waals surface area contributed by atoms with Crippen LogP contribution in [0.1, 0.15) is 17.2 Å². The Hall–Kier alpha value is -1.61. The molecule has 0 aromatic heterocycles. The standard InChI is InChI=1S/C14H16NO3P/c1-18-12-6-2-10(3-7-12)14(15)11-4-8-13(9-5-11)19(16)17/h2-9,14,19H,15H2,1H3,(H,16,17). The fourth-order valence-corrected chi connectivity index (χ4v) is 2.29. The summed E-state index contributed by atoms with van der Waals surface area (Å²) in [5.74, 6) is 0.783. The van der Waals surface area contributed by atoms with Crippen LogP contribution in [-0.4, -0.2) is 12.0 Å². The van der Waals surface area contributed by atoms with Gasteiger partial charge in [0.05, 0.1) is 13.2 Å². The van der Waals surface area contributed by atoms with Crippen LogP contribution in [0, 0.1) is 0 Å². The minimum atomic E-state index is -2.63. The topological polar surface area (TPSA) is 72.5 Å². The highest BCUT2D eigenvalue weighted by atomic mass is 31.1. The molecule has 2 aromatic carbocycles. The quantitative estimate of drug-likeness (QED) is 0.836. The molecule has 5 heteroatoms. The van der Waals surface area contributed by atoms with Crippen LogP contribution in [0.15, 0.2) is 48.5 Å². The molecule has 0 aliphatic heterocycles. The summed E-state index contributed by atoms with van der Waals surface area (Å²) in [6.45, 7) is 0. The van der Waals surface area contributed by atoms with Gasteiger partial charge in [0.25, 0.3) is 0 Å². The van der Waals surface area contributed by atoms with Crippen molar-refractivity contribution in [1.82, 2.24) is 0 Å². The van der Waals surface area contributed by atoms with E-state index in [1.54, 1.807) is 31.4 Å². The molecular weight excluding hydrogens is 261 g/mol. The number of nitrogens with two attached hydrogens (primary N) is 1. The maximum atomic E-state index is 11.0. The maximum absolute atomic E-state index is 11.0. The highest BCUT2D eigenvalue weighted by Crippen LogP contribution is 2.22. The second kappa shape index (κ2) is 6.02. The molecule has 0 fully saturated rings. The number of benzene rings is 2. The molecular formula is C14H16NO3P. The van der Waals surface area contributed by atoms with Gasteiger partial charge in [-0.25, -0.2) is 0 Å². The number of hydrogen-bond acceptors (Lipinski definition) is 3. The average Bonchev–Trinajstić information content (AvgIpc) is 2.46. The van der Waals surface area contributed by atoms with Gasteiger partial charge in [-0.2, -0.15) is 0 Å². The smallest absolute Gasteiger partial charge is 0.218 e. The van der Waals surface area contributed by atoms with Crippen molar-refractivity contribution in [1.29, 1.82) is 0 Å². The van der Waals surface area contributed by atoms with Crippen molar-refractivity contribution in [3.8, 4) is 5.75 Å². The van der Waals surface area contributed by atoms with Gasteiger partial charge in [-0.05, 0) is 35.4 Å². The average molecular weight is 277 g/mol. The third-order valence-corrected chi connectivity index (χ3v) is 3.82. The first-order valence-electron chi connectivity index (χ1n) is 5.84. The van der Waals surface area contributed by atoms with Crippen LogP contribution in [0.5, 0.6) is 5.75 Å². The van der Waals surface area contributed by atoms with E-state index in [4.69, 9.17) is 15.4 Å². The first kappa shape index (κ1) is 13.8. The highest BCUT2D eigenvalue weighted by molar-refractivity contribution is 7.47. The summed E-state index contributed by atoms with van der Waals surface area (Å²) in [6, 6.07) is 14.1. The van der Waals surface area contributed by atoms with Crippen LogP contribution in [0.3, 0.4) is 0 Å². The van der Waals surface area contributed by atoms with Crippen molar-refractivity contribution in [3.63, 3.8) is 0 Å². The molecule has 100 valence electrons. The molecule has 19 heavy (non-hydrogen) atoms. The molecule has 0 bridgehead atoms. The number of rotatable bonds is 4. The first-order valence-corrected chi connectivity index (χ1v) is 7.20. The third kappa shape index (κ3) is 3.24. The predicted molar refractivity (Wildman–Crippen MR) is 76.3 cm³/mol. The van der Waals surface area contributed by atoms with Gasteiger partial charge in [-0.3, -0.25) is 4.57 Å². The van der Waals surface area contributed by atoms with E-state index in [2.05, 4.69) is 0 Å². The van der Waals surface area contributed by atoms with Gasteiger partial charge in [-0.1, -0.05) is 24.3 Å². The predicted octanol–water partition coefficient (Wildman–Crippen LogP) is 1.84. The van der Waals surface area contributed by atoms with Gasteiger partial charge in [0.2, 0.25) is 8.03 Å². The lowest BCUT2D eigenvalue weighted by Crippen LogP contribution is -2.12. The van der Waals surface area contributed by atoms with E-state index in [-0.39, 0.29) is 6.04 Å². The Kier molecular flexibility index (Phi) is 4.38. The van der Waals surface area contributed by atoms with Gasteiger partial charge in [0.15, 0.2) is 0 Å². The monoisotopic (exact) mass is 277 g/mol. The minimum Gasteiger partial charge on any atom is -0.497 e. The number of methoxy groups -OCH3 is 1. The normalized spacial score (nSPS) is 13.8. The van der Waals surface area contributed by atoms with E-state index in [0.717, 1.165) is 16.9 Å². The van der Waals surface area contributed by atoms with Crippen LogP contribution in [0.4, 0.5) is 0 Å². The van der Waals surface area contributed by atoms with Crippen molar-refractivity contribution >= 4 is 13.3 Å². The molecule has 0 saturated carbocycles. The molecule has 0 saturated heterocycles. The summed E-state index contributed by atoms with van der Waals surface area (Å²) in [6.07, 6.45) is 0. The third-order valence-electron chi connectivity index (χ3n) is 2.99. The molecule has 0 amide bonds. The van der Waals surface area contributed by atoms with Crippen molar-refractivity contribution in [2.75, 3.05) is 7.11 Å². The van der Waals surface area contributed by atoms with Gasteiger partial charge >= 0.3 is 0 Å². The zero-order valence-corrected chi connectivity index (χ0v) is 11.5. The Bertz CT molecular complexity index is 566. The summed E-state index contributed by atoms with van der Waals surface area (Å²) in [7, 11) is -1.02. The minimum absolute atomic E-state index is 0.263. The zero-order valence-electron chi connectivity index (χ0n) is 10.5. The molecule has 0 spiro atoms. The zero-order chi connectivity index (χ0) is 13.8. The molecule has 2 rings (SSSR count). The van der Waals surface area contributed by atoms with Crippen LogP contribution >= 0.6 is 8.03 Å². The Morgan fingerprint density at radius 2 is 1.53 bits per heavy atom. The van der Waals surface area contributed by atoms with Crippen molar-refractivity contribution in [3.05, 3.63) is 59.7 Å². The van der Waals surface area contributed by atoms with Crippen molar-refractivity contribution in [2.24, 2.45) is 5.73 Å². The molecule has 3 N–H and O–H groups in total. The fraction of sp³-hybridized carbons (Fsp3) is 0.143. The highest BCUT2D eigenvalue weighted by Gasteiger charge is 2.09. The van der Waals surface area contributed by atoms with E-state index < -0.39 is 8.03 Å². The lowest BCUT2D eigenvalue weighted by atomic mass is 10.00. The first-order chi connectivity index (χ1) is 9.11. The Morgan fingerprint density at radius 1 is 1.05 bits per heavy atom. The molecule has 2 atom stereocenters. The summed E-state index contributed by atoms with van der Waals surface area (Å²) < 4.78 is 16.1. The Balaban J connectivity index is 2.22. The van der Waals surface area contributed by atoms with E-state index in [0.29, 0.717) is 5.30 Å². The molecule has 0 radical (unpaired) electrons. The van der Waals surface area contributed by atoms with Crippen LogP contribution in [0.25, 0.3) is 0 Å².